The smallest absolute Gasteiger partial charge is 0.355 e. The number of esters is 1. The van der Waals surface area contributed by atoms with E-state index in [1.165, 1.54) is 18.5 Å². The van der Waals surface area contributed by atoms with Crippen LogP contribution in [0.5, 0.6) is 11.6 Å². The van der Waals surface area contributed by atoms with Gasteiger partial charge in [0.15, 0.2) is 11.6 Å². The summed E-state index contributed by atoms with van der Waals surface area (Å²) in [5, 5.41) is 0.440. The molecule has 0 saturated heterocycles. The third kappa shape index (κ3) is 5.59. The predicted octanol–water partition coefficient (Wildman–Crippen LogP) is 4.43. The first-order valence-electron chi connectivity index (χ1n) is 10.0. The van der Waals surface area contributed by atoms with Gasteiger partial charge in [0.25, 0.3) is 0 Å². The van der Waals surface area contributed by atoms with Gasteiger partial charge in [-0.15, -0.1) is 0 Å². The number of hydrogen-bond donors (Lipinski definition) is 1. The van der Waals surface area contributed by atoms with Crippen LogP contribution in [-0.4, -0.2) is 41.8 Å². The summed E-state index contributed by atoms with van der Waals surface area (Å²) in [5.74, 6) is -1.06. The maximum atomic E-state index is 14.2. The number of carbonyl (C=O) groups is 1. The van der Waals surface area contributed by atoms with Gasteiger partial charge in [-0.2, -0.15) is 0 Å². The number of anilines is 1. The lowest BCUT2D eigenvalue weighted by atomic mass is 10.3. The zero-order chi connectivity index (χ0) is 22.6. The Bertz CT molecular complexity index is 1080. The van der Waals surface area contributed by atoms with E-state index >= 15 is 0 Å². The molecule has 0 radical (unpaired) electrons. The standard InChI is InChI=1S/C21H27FN4O4Si/c1-5-29-21(27)17-11-15-19(26(17)13-28-8-9-31(2,3)4)24-12-25-20(15)30-18-7-6-14(23)10-16(18)22/h6-7,10-12H,5,8-9,13,23H2,1-4H3. The van der Waals surface area contributed by atoms with Gasteiger partial charge in [-0.3, -0.25) is 4.57 Å². The summed E-state index contributed by atoms with van der Waals surface area (Å²) in [4.78, 5) is 20.9. The Morgan fingerprint density at radius 1 is 1.23 bits per heavy atom. The normalized spacial score (nSPS) is 11.6. The van der Waals surface area contributed by atoms with E-state index in [4.69, 9.17) is 19.9 Å². The summed E-state index contributed by atoms with van der Waals surface area (Å²) < 4.78 is 32.5. The lowest BCUT2D eigenvalue weighted by molar-refractivity contribution is 0.0477. The molecule has 31 heavy (non-hydrogen) atoms. The Balaban J connectivity index is 1.96. The van der Waals surface area contributed by atoms with Gasteiger partial charge in [-0.1, -0.05) is 19.6 Å². The quantitative estimate of drug-likeness (QED) is 0.224. The Morgan fingerprint density at radius 2 is 2.00 bits per heavy atom. The number of nitrogens with two attached hydrogens (primary N) is 1. The van der Waals surface area contributed by atoms with Crippen molar-refractivity contribution in [2.75, 3.05) is 18.9 Å². The van der Waals surface area contributed by atoms with Crippen molar-refractivity contribution in [1.29, 1.82) is 0 Å². The van der Waals surface area contributed by atoms with Crippen molar-refractivity contribution in [3.8, 4) is 11.6 Å². The number of ether oxygens (including phenoxy) is 3. The summed E-state index contributed by atoms with van der Waals surface area (Å²) in [6.45, 7) is 9.43. The average molecular weight is 447 g/mol. The third-order valence-corrected chi connectivity index (χ3v) is 6.22. The number of nitrogens with zero attached hydrogens (tertiary/aromatic N) is 3. The number of halogens is 1. The zero-order valence-electron chi connectivity index (χ0n) is 18.1. The zero-order valence-corrected chi connectivity index (χ0v) is 19.1. The summed E-state index contributed by atoms with van der Waals surface area (Å²) in [7, 11) is -1.26. The number of nitrogen functional groups attached to an aromatic ring is 1. The fraction of sp³-hybridized carbons (Fsp3) is 0.381. The summed E-state index contributed by atoms with van der Waals surface area (Å²) in [6, 6.07) is 6.66. The molecule has 0 bridgehead atoms. The lowest BCUT2D eigenvalue weighted by Gasteiger charge is -2.16. The lowest BCUT2D eigenvalue weighted by Crippen LogP contribution is -2.22. The molecule has 0 amide bonds. The van der Waals surface area contributed by atoms with Gasteiger partial charge in [0.05, 0.1) is 12.0 Å². The molecule has 8 nitrogen and oxygen atoms in total. The maximum absolute atomic E-state index is 14.2. The van der Waals surface area contributed by atoms with Gasteiger partial charge in [-0.05, 0) is 31.2 Å². The van der Waals surface area contributed by atoms with Gasteiger partial charge in [-0.25, -0.2) is 19.2 Å². The van der Waals surface area contributed by atoms with Gasteiger partial charge in [0.1, 0.15) is 24.4 Å². The van der Waals surface area contributed by atoms with Crippen molar-refractivity contribution in [3.63, 3.8) is 0 Å². The molecule has 2 heterocycles. The van der Waals surface area contributed by atoms with Crippen LogP contribution in [0, 0.1) is 5.82 Å². The molecule has 166 valence electrons. The number of fused-ring (bicyclic) bond motifs is 1. The minimum absolute atomic E-state index is 0.0361. The highest BCUT2D eigenvalue weighted by molar-refractivity contribution is 6.76. The molecule has 0 aliphatic rings. The van der Waals surface area contributed by atoms with Crippen LogP contribution in [0.1, 0.15) is 17.4 Å². The molecular weight excluding hydrogens is 419 g/mol. The molecule has 3 rings (SSSR count). The fourth-order valence-electron chi connectivity index (χ4n) is 2.87. The first-order valence-corrected chi connectivity index (χ1v) is 13.7. The topological polar surface area (TPSA) is 101 Å². The molecule has 0 unspecified atom stereocenters. The van der Waals surface area contributed by atoms with Crippen LogP contribution in [-0.2, 0) is 16.2 Å². The van der Waals surface area contributed by atoms with Crippen LogP contribution in [0.15, 0.2) is 30.6 Å². The van der Waals surface area contributed by atoms with Crippen LogP contribution in [0.25, 0.3) is 11.0 Å². The molecule has 0 spiro atoms. The SMILES string of the molecule is CCOC(=O)c1cc2c(Oc3ccc(N)cc3F)ncnc2n1COCC[Si](C)(C)C. The molecule has 2 aromatic heterocycles. The Hall–Kier alpha value is -2.98. The highest BCUT2D eigenvalue weighted by atomic mass is 28.3. The van der Waals surface area contributed by atoms with Crippen LogP contribution < -0.4 is 10.5 Å². The van der Waals surface area contributed by atoms with Crippen molar-refractivity contribution < 1.29 is 23.4 Å². The molecule has 0 atom stereocenters. The predicted molar refractivity (Wildman–Crippen MR) is 118 cm³/mol. The van der Waals surface area contributed by atoms with Gasteiger partial charge in [0.2, 0.25) is 5.88 Å². The molecular formula is C21H27FN4O4Si. The number of benzene rings is 1. The third-order valence-electron chi connectivity index (χ3n) is 4.52. The number of carbonyl (C=O) groups excluding carboxylic acids is 1. The van der Waals surface area contributed by atoms with Crippen LogP contribution in [0.4, 0.5) is 10.1 Å². The van der Waals surface area contributed by atoms with E-state index in [1.54, 1.807) is 17.6 Å². The van der Waals surface area contributed by atoms with E-state index in [1.807, 2.05) is 0 Å². The van der Waals surface area contributed by atoms with Crippen molar-refractivity contribution >= 4 is 30.8 Å². The van der Waals surface area contributed by atoms with Gasteiger partial charge in [0, 0.05) is 26.4 Å². The molecule has 10 heteroatoms. The van der Waals surface area contributed by atoms with E-state index in [2.05, 4.69) is 29.6 Å². The van der Waals surface area contributed by atoms with Crippen LogP contribution in [0.3, 0.4) is 0 Å². The van der Waals surface area contributed by atoms with Crippen molar-refractivity contribution in [1.82, 2.24) is 14.5 Å². The summed E-state index contributed by atoms with van der Waals surface area (Å²) in [5.41, 5.74) is 6.56. The second kappa shape index (κ2) is 9.44. The van der Waals surface area contributed by atoms with Gasteiger partial charge >= 0.3 is 5.97 Å². The maximum Gasteiger partial charge on any atom is 0.355 e. The first kappa shape index (κ1) is 22.7. The highest BCUT2D eigenvalue weighted by Gasteiger charge is 2.22. The van der Waals surface area contributed by atoms with Crippen molar-refractivity contribution in [3.05, 3.63) is 42.1 Å². The highest BCUT2D eigenvalue weighted by Crippen LogP contribution is 2.31. The van der Waals surface area contributed by atoms with E-state index in [-0.39, 0.29) is 36.3 Å². The molecule has 0 fully saturated rings. The minimum atomic E-state index is -1.26. The fourth-order valence-corrected chi connectivity index (χ4v) is 3.62. The molecule has 0 aliphatic heterocycles. The molecule has 3 aromatic rings. The number of rotatable bonds is 9. The second-order valence-electron chi connectivity index (χ2n) is 8.23. The molecule has 0 saturated carbocycles. The molecule has 0 aliphatic carbocycles. The van der Waals surface area contributed by atoms with Crippen molar-refractivity contribution in [2.45, 2.75) is 39.3 Å². The van der Waals surface area contributed by atoms with Crippen molar-refractivity contribution in [2.24, 2.45) is 0 Å². The summed E-state index contributed by atoms with van der Waals surface area (Å²) in [6.07, 6.45) is 1.29. The van der Waals surface area contributed by atoms with Crippen LogP contribution in [0.2, 0.25) is 25.7 Å². The first-order chi connectivity index (χ1) is 14.7. The van der Waals surface area contributed by atoms with Gasteiger partial charge < -0.3 is 19.9 Å². The second-order valence-corrected chi connectivity index (χ2v) is 13.9. The van der Waals surface area contributed by atoms with E-state index in [9.17, 15) is 9.18 Å². The Morgan fingerprint density at radius 3 is 2.68 bits per heavy atom. The molecule has 1 aromatic carbocycles. The summed E-state index contributed by atoms with van der Waals surface area (Å²) >= 11 is 0. The monoisotopic (exact) mass is 446 g/mol. The van der Waals surface area contributed by atoms with E-state index < -0.39 is 19.9 Å². The Kier molecular flexibility index (Phi) is 6.91. The number of hydrogen-bond acceptors (Lipinski definition) is 7. The van der Waals surface area contributed by atoms with E-state index in [0.29, 0.717) is 17.6 Å². The molecule has 2 N–H and O–H groups in total. The number of aromatic nitrogens is 3. The largest absolute Gasteiger partial charge is 0.461 e. The average Bonchev–Trinajstić information content (AvgIpc) is 3.06. The van der Waals surface area contributed by atoms with Crippen LogP contribution >= 0.6 is 0 Å². The minimum Gasteiger partial charge on any atom is -0.461 e. The van der Waals surface area contributed by atoms with E-state index in [0.717, 1.165) is 12.1 Å². The Labute approximate surface area is 181 Å².